The molecule has 2 heterocycles. The third-order valence-corrected chi connectivity index (χ3v) is 5.63. The van der Waals surface area contributed by atoms with Gasteiger partial charge in [-0.05, 0) is 38.8 Å². The van der Waals surface area contributed by atoms with Crippen LogP contribution in [-0.4, -0.2) is 80.0 Å². The second kappa shape index (κ2) is 10.2. The monoisotopic (exact) mass is 368 g/mol. The molecule has 3 fully saturated rings. The highest BCUT2D eigenvalue weighted by atomic mass is 16.7. The normalized spacial score (nSPS) is 25.5. The molecule has 2 aliphatic heterocycles. The van der Waals surface area contributed by atoms with Crippen molar-refractivity contribution in [3.05, 3.63) is 0 Å². The van der Waals surface area contributed by atoms with Gasteiger partial charge < -0.3 is 20.2 Å². The average molecular weight is 368 g/mol. The maximum Gasteiger partial charge on any atom is 0.375 e. The van der Waals surface area contributed by atoms with E-state index < -0.39 is 12.2 Å². The van der Waals surface area contributed by atoms with E-state index in [0.717, 1.165) is 51.9 Å². The summed E-state index contributed by atoms with van der Waals surface area (Å²) in [6.07, 6.45) is 7.14. The van der Waals surface area contributed by atoms with Crippen LogP contribution in [0.4, 0.5) is 0 Å². The molecule has 0 radical (unpaired) electrons. The number of carbonyl (C=O) groups is 2. The molecule has 0 aromatic carbocycles. The molecule has 1 amide bonds. The number of nitrogens with zero attached hydrogens (tertiary/aromatic N) is 2. The predicted octanol–water partition coefficient (Wildman–Crippen LogP) is 0.236. The minimum absolute atomic E-state index is 0.0190. The third kappa shape index (κ3) is 5.64. The fourth-order valence-corrected chi connectivity index (χ4v) is 4.13. The summed E-state index contributed by atoms with van der Waals surface area (Å²) < 4.78 is 5.79. The number of hydroxylamine groups is 2. The molecule has 1 atom stereocenters. The Morgan fingerprint density at radius 3 is 2.38 bits per heavy atom. The number of rotatable bonds is 7. The predicted molar refractivity (Wildman–Crippen MR) is 96.1 cm³/mol. The van der Waals surface area contributed by atoms with Crippen LogP contribution in [0.5, 0.6) is 0 Å². The second-order valence-corrected chi connectivity index (χ2v) is 7.42. The van der Waals surface area contributed by atoms with Crippen LogP contribution in [0.25, 0.3) is 0 Å². The molecule has 3 rings (SSSR count). The highest BCUT2D eigenvalue weighted by Gasteiger charge is 2.30. The molecule has 3 aliphatic rings. The lowest BCUT2D eigenvalue weighted by Crippen LogP contribution is -2.54. The van der Waals surface area contributed by atoms with Gasteiger partial charge in [0.05, 0.1) is 6.10 Å². The molecule has 26 heavy (non-hydrogen) atoms. The van der Waals surface area contributed by atoms with Gasteiger partial charge in [-0.3, -0.25) is 9.69 Å². The zero-order chi connectivity index (χ0) is 18.2. The van der Waals surface area contributed by atoms with E-state index in [1.165, 1.54) is 19.3 Å². The fraction of sp³-hybridized carbons (Fsp3) is 0.889. The van der Waals surface area contributed by atoms with Gasteiger partial charge in [0, 0.05) is 32.2 Å². The van der Waals surface area contributed by atoms with Gasteiger partial charge in [0.2, 0.25) is 12.6 Å². The zero-order valence-electron chi connectivity index (χ0n) is 15.5. The molecular weight excluding hydrogens is 336 g/mol. The molecule has 2 N–H and O–H groups in total. The summed E-state index contributed by atoms with van der Waals surface area (Å²) >= 11 is 0. The van der Waals surface area contributed by atoms with E-state index in [9.17, 15) is 9.59 Å². The van der Waals surface area contributed by atoms with Crippen LogP contribution in [0.1, 0.15) is 44.9 Å². The van der Waals surface area contributed by atoms with Crippen molar-refractivity contribution in [2.45, 2.75) is 63.3 Å². The molecule has 1 unspecified atom stereocenters. The summed E-state index contributed by atoms with van der Waals surface area (Å²) in [5, 5.41) is 7.55. The fourth-order valence-electron chi connectivity index (χ4n) is 4.13. The Morgan fingerprint density at radius 2 is 1.73 bits per heavy atom. The molecular formula is C18H32N4O4. The summed E-state index contributed by atoms with van der Waals surface area (Å²) in [5.41, 5.74) is 0. The summed E-state index contributed by atoms with van der Waals surface area (Å²) in [6.45, 7) is 5.33. The summed E-state index contributed by atoms with van der Waals surface area (Å²) in [4.78, 5) is 31.3. The Balaban J connectivity index is 1.43. The summed E-state index contributed by atoms with van der Waals surface area (Å²) in [7, 11) is 0. The van der Waals surface area contributed by atoms with Crippen molar-refractivity contribution in [3.63, 3.8) is 0 Å². The van der Waals surface area contributed by atoms with Gasteiger partial charge >= 0.3 is 5.97 Å². The van der Waals surface area contributed by atoms with Crippen LogP contribution >= 0.6 is 0 Å². The van der Waals surface area contributed by atoms with Gasteiger partial charge in [0.1, 0.15) is 0 Å². The molecule has 8 heteroatoms. The number of hydrogen-bond acceptors (Lipinski definition) is 7. The summed E-state index contributed by atoms with van der Waals surface area (Å²) in [5.74, 6) is -0.530. The first-order valence-corrected chi connectivity index (χ1v) is 10.0. The Kier molecular flexibility index (Phi) is 7.67. The van der Waals surface area contributed by atoms with Gasteiger partial charge in [-0.1, -0.05) is 19.3 Å². The van der Waals surface area contributed by atoms with E-state index in [0.29, 0.717) is 25.5 Å². The number of piperazine rings is 1. The highest BCUT2D eigenvalue weighted by Crippen LogP contribution is 2.21. The molecule has 148 valence electrons. The van der Waals surface area contributed by atoms with Gasteiger partial charge in [0.25, 0.3) is 0 Å². The van der Waals surface area contributed by atoms with Crippen LogP contribution in [0.2, 0.25) is 0 Å². The van der Waals surface area contributed by atoms with Crippen molar-refractivity contribution in [2.24, 2.45) is 0 Å². The van der Waals surface area contributed by atoms with Crippen LogP contribution in [0, 0.1) is 0 Å². The molecule has 8 nitrogen and oxygen atoms in total. The standard InChI is InChI=1S/C18H32N4O4/c23-14-20-17(25-16-4-2-1-3-5-16)18(24)26-22-12-10-21(11-13-22)15-6-8-19-9-7-15/h14-17,19H,1-13H2,(H,20,23). The molecule has 0 spiro atoms. The maximum absolute atomic E-state index is 12.4. The minimum Gasteiger partial charge on any atom is -0.364 e. The lowest BCUT2D eigenvalue weighted by Gasteiger charge is -2.40. The lowest BCUT2D eigenvalue weighted by molar-refractivity contribution is -0.215. The topological polar surface area (TPSA) is 83.1 Å². The van der Waals surface area contributed by atoms with Gasteiger partial charge in [-0.2, -0.15) is 0 Å². The SMILES string of the molecule is O=CNC(OC1CCCCC1)C(=O)ON1CCN(C2CCNCC2)CC1. The van der Waals surface area contributed by atoms with E-state index in [1.54, 1.807) is 5.06 Å². The first-order chi connectivity index (χ1) is 12.8. The van der Waals surface area contributed by atoms with E-state index in [1.807, 2.05) is 0 Å². The van der Waals surface area contributed by atoms with Crippen molar-refractivity contribution >= 4 is 12.4 Å². The molecule has 1 aliphatic carbocycles. The first kappa shape index (κ1) is 19.5. The lowest BCUT2D eigenvalue weighted by atomic mass is 9.98. The Morgan fingerprint density at radius 1 is 1.04 bits per heavy atom. The van der Waals surface area contributed by atoms with Gasteiger partial charge in [-0.25, -0.2) is 4.79 Å². The van der Waals surface area contributed by atoms with Crippen molar-refractivity contribution in [1.29, 1.82) is 0 Å². The smallest absolute Gasteiger partial charge is 0.364 e. The van der Waals surface area contributed by atoms with Gasteiger partial charge in [-0.15, -0.1) is 5.06 Å². The number of amides is 1. The van der Waals surface area contributed by atoms with Gasteiger partial charge in [0.15, 0.2) is 0 Å². The third-order valence-electron chi connectivity index (χ3n) is 5.63. The zero-order valence-corrected chi connectivity index (χ0v) is 15.5. The molecule has 0 bridgehead atoms. The Hall–Kier alpha value is -1.22. The molecule has 2 saturated heterocycles. The largest absolute Gasteiger partial charge is 0.375 e. The number of piperidine rings is 1. The quantitative estimate of drug-likeness (QED) is 0.492. The van der Waals surface area contributed by atoms with Crippen molar-refractivity contribution in [1.82, 2.24) is 20.6 Å². The van der Waals surface area contributed by atoms with Crippen molar-refractivity contribution in [3.8, 4) is 0 Å². The van der Waals surface area contributed by atoms with E-state index in [4.69, 9.17) is 9.57 Å². The van der Waals surface area contributed by atoms with Crippen LogP contribution in [0.15, 0.2) is 0 Å². The first-order valence-electron chi connectivity index (χ1n) is 10.0. The van der Waals surface area contributed by atoms with Crippen molar-refractivity contribution < 1.29 is 19.2 Å². The number of ether oxygens (including phenoxy) is 1. The van der Waals surface area contributed by atoms with Crippen molar-refractivity contribution in [2.75, 3.05) is 39.3 Å². The second-order valence-electron chi connectivity index (χ2n) is 7.42. The maximum atomic E-state index is 12.4. The molecule has 0 aromatic heterocycles. The number of carbonyl (C=O) groups excluding carboxylic acids is 2. The minimum atomic E-state index is -1.02. The van der Waals surface area contributed by atoms with Crippen LogP contribution in [0.3, 0.4) is 0 Å². The number of hydrogen-bond donors (Lipinski definition) is 2. The van der Waals surface area contributed by atoms with Crippen LogP contribution in [-0.2, 0) is 19.2 Å². The van der Waals surface area contributed by atoms with Crippen LogP contribution < -0.4 is 10.6 Å². The molecule has 1 saturated carbocycles. The van der Waals surface area contributed by atoms with E-state index in [2.05, 4.69) is 15.5 Å². The van der Waals surface area contributed by atoms with E-state index >= 15 is 0 Å². The number of nitrogens with one attached hydrogen (secondary N) is 2. The molecule has 0 aromatic rings. The highest BCUT2D eigenvalue weighted by molar-refractivity contribution is 5.76. The van der Waals surface area contributed by atoms with E-state index in [-0.39, 0.29) is 6.10 Å². The summed E-state index contributed by atoms with van der Waals surface area (Å²) in [6, 6.07) is 0.633. The average Bonchev–Trinajstić information content (AvgIpc) is 2.70. The Labute approximate surface area is 155 Å². The Bertz CT molecular complexity index is 444.